The van der Waals surface area contributed by atoms with Gasteiger partial charge in [0.15, 0.2) is 0 Å². The molecule has 0 aromatic heterocycles. The second-order valence-electron chi connectivity index (χ2n) is 5.89. The van der Waals surface area contributed by atoms with Crippen molar-refractivity contribution >= 4 is 5.91 Å². The molecule has 1 aliphatic rings. The smallest absolute Gasteiger partial charge is 0.255 e. The summed E-state index contributed by atoms with van der Waals surface area (Å²) in [6.45, 7) is 2.93. The molecule has 1 aromatic rings. The average Bonchev–Trinajstić information content (AvgIpc) is 2.53. The highest BCUT2D eigenvalue weighted by Gasteiger charge is 2.21. The maximum atomic E-state index is 12.2. The highest BCUT2D eigenvalue weighted by molar-refractivity contribution is 5.97. The molecule has 1 amide bonds. The number of amides is 1. The van der Waals surface area contributed by atoms with Gasteiger partial charge in [0.2, 0.25) is 0 Å². The van der Waals surface area contributed by atoms with Gasteiger partial charge in [-0.1, -0.05) is 26.2 Å². The monoisotopic (exact) mass is 291 g/mol. The number of carbonyl (C=O) groups excluding carboxylic acids is 1. The summed E-state index contributed by atoms with van der Waals surface area (Å²) >= 11 is 0. The Morgan fingerprint density at radius 1 is 1.29 bits per heavy atom. The number of ether oxygens (including phenoxy) is 1. The fourth-order valence-corrected chi connectivity index (χ4v) is 3.00. The van der Waals surface area contributed by atoms with E-state index in [1.54, 1.807) is 19.2 Å². The predicted molar refractivity (Wildman–Crippen MR) is 82.7 cm³/mol. The van der Waals surface area contributed by atoms with Gasteiger partial charge in [0.05, 0.1) is 12.7 Å². The molecule has 116 valence electrons. The van der Waals surface area contributed by atoms with Gasteiger partial charge in [0.25, 0.3) is 5.91 Å². The van der Waals surface area contributed by atoms with Gasteiger partial charge in [-0.05, 0) is 42.9 Å². The second kappa shape index (κ2) is 7.34. The van der Waals surface area contributed by atoms with Gasteiger partial charge >= 0.3 is 0 Å². The Morgan fingerprint density at radius 2 is 1.95 bits per heavy atom. The van der Waals surface area contributed by atoms with E-state index < -0.39 is 0 Å². The lowest BCUT2D eigenvalue weighted by molar-refractivity contribution is 0.0938. The Bertz CT molecular complexity index is 479. The molecule has 1 aliphatic carbocycles. The van der Waals surface area contributed by atoms with Crippen molar-refractivity contribution in [2.45, 2.75) is 39.0 Å². The largest absolute Gasteiger partial charge is 0.507 e. The summed E-state index contributed by atoms with van der Waals surface area (Å²) in [6.07, 6.45) is 6.16. The van der Waals surface area contributed by atoms with Crippen molar-refractivity contribution in [2.75, 3.05) is 13.7 Å². The number of carbonyl (C=O) groups is 1. The van der Waals surface area contributed by atoms with Crippen molar-refractivity contribution in [3.8, 4) is 11.5 Å². The second-order valence-corrected chi connectivity index (χ2v) is 5.89. The Labute approximate surface area is 126 Å². The number of nitrogens with one attached hydrogen (secondary N) is 1. The van der Waals surface area contributed by atoms with E-state index in [0.717, 1.165) is 5.92 Å². The molecule has 1 saturated carbocycles. The normalized spacial score (nSPS) is 21.8. The molecule has 21 heavy (non-hydrogen) atoms. The van der Waals surface area contributed by atoms with E-state index in [4.69, 9.17) is 4.74 Å². The van der Waals surface area contributed by atoms with Crippen LogP contribution in [-0.2, 0) is 0 Å². The Morgan fingerprint density at radius 3 is 2.57 bits per heavy atom. The van der Waals surface area contributed by atoms with Crippen LogP contribution in [0.4, 0.5) is 0 Å². The highest BCUT2D eigenvalue weighted by atomic mass is 16.5. The summed E-state index contributed by atoms with van der Waals surface area (Å²) in [5.74, 6) is 1.75. The van der Waals surface area contributed by atoms with Crippen LogP contribution < -0.4 is 10.1 Å². The number of benzene rings is 1. The lowest BCUT2D eigenvalue weighted by Gasteiger charge is -2.27. The number of rotatable bonds is 5. The summed E-state index contributed by atoms with van der Waals surface area (Å²) in [6, 6.07) is 4.69. The van der Waals surface area contributed by atoms with Gasteiger partial charge in [-0.25, -0.2) is 0 Å². The molecule has 0 heterocycles. The van der Waals surface area contributed by atoms with Crippen molar-refractivity contribution in [1.82, 2.24) is 5.32 Å². The minimum atomic E-state index is -0.232. The first-order valence-corrected chi connectivity index (χ1v) is 7.79. The third-order valence-corrected chi connectivity index (χ3v) is 4.54. The van der Waals surface area contributed by atoms with Gasteiger partial charge < -0.3 is 15.2 Å². The van der Waals surface area contributed by atoms with Crippen LogP contribution in [0.5, 0.6) is 11.5 Å². The number of phenols is 1. The Hall–Kier alpha value is -1.71. The molecular weight excluding hydrogens is 266 g/mol. The summed E-state index contributed by atoms with van der Waals surface area (Å²) < 4.78 is 5.09. The molecule has 0 spiro atoms. The van der Waals surface area contributed by atoms with Crippen molar-refractivity contribution in [2.24, 2.45) is 11.8 Å². The van der Waals surface area contributed by atoms with Crippen molar-refractivity contribution in [1.29, 1.82) is 0 Å². The zero-order valence-electron chi connectivity index (χ0n) is 12.9. The van der Waals surface area contributed by atoms with E-state index in [2.05, 4.69) is 12.2 Å². The highest BCUT2D eigenvalue weighted by Crippen LogP contribution is 2.30. The minimum absolute atomic E-state index is 0.0111. The predicted octanol–water partition coefficient (Wildman–Crippen LogP) is 3.35. The standard InChI is InChI=1S/C17H25NO3/c1-3-12-4-6-13(7-5-12)11-18-17(20)15-10-14(21-2)8-9-16(15)19/h8-10,12-13,19H,3-7,11H2,1-2H3,(H,18,20). The van der Waals surface area contributed by atoms with E-state index in [1.165, 1.54) is 38.2 Å². The molecular formula is C17H25NO3. The first-order valence-electron chi connectivity index (χ1n) is 7.79. The number of methoxy groups -OCH3 is 1. The van der Waals surface area contributed by atoms with Crippen LogP contribution in [0.3, 0.4) is 0 Å². The maximum absolute atomic E-state index is 12.2. The third kappa shape index (κ3) is 4.13. The maximum Gasteiger partial charge on any atom is 0.255 e. The van der Waals surface area contributed by atoms with E-state index in [-0.39, 0.29) is 17.2 Å². The van der Waals surface area contributed by atoms with Crippen molar-refractivity contribution < 1.29 is 14.6 Å². The Balaban J connectivity index is 1.87. The molecule has 0 unspecified atom stereocenters. The van der Waals surface area contributed by atoms with Gasteiger partial charge in [-0.15, -0.1) is 0 Å². The summed E-state index contributed by atoms with van der Waals surface area (Å²) in [4.78, 5) is 12.2. The van der Waals surface area contributed by atoms with Crippen LogP contribution in [0, 0.1) is 11.8 Å². The molecule has 0 aliphatic heterocycles. The van der Waals surface area contributed by atoms with E-state index >= 15 is 0 Å². The van der Waals surface area contributed by atoms with E-state index in [9.17, 15) is 9.90 Å². The van der Waals surface area contributed by atoms with Crippen molar-refractivity contribution in [3.63, 3.8) is 0 Å². The lowest BCUT2D eigenvalue weighted by Crippen LogP contribution is -2.31. The molecule has 0 atom stereocenters. The number of hydrogen-bond donors (Lipinski definition) is 2. The van der Waals surface area contributed by atoms with Crippen LogP contribution >= 0.6 is 0 Å². The van der Waals surface area contributed by atoms with Crippen LogP contribution in [0.2, 0.25) is 0 Å². The van der Waals surface area contributed by atoms with E-state index in [1.807, 2.05) is 0 Å². The van der Waals surface area contributed by atoms with Crippen LogP contribution in [0.1, 0.15) is 49.4 Å². The number of hydrogen-bond acceptors (Lipinski definition) is 3. The summed E-state index contributed by atoms with van der Waals surface area (Å²) in [5, 5.41) is 12.7. The van der Waals surface area contributed by atoms with Gasteiger partial charge in [0, 0.05) is 6.54 Å². The molecule has 1 aromatic carbocycles. The molecule has 2 rings (SSSR count). The molecule has 4 heteroatoms. The topological polar surface area (TPSA) is 58.6 Å². The fourth-order valence-electron chi connectivity index (χ4n) is 3.00. The molecule has 0 bridgehead atoms. The SMILES string of the molecule is CCC1CCC(CNC(=O)c2cc(OC)ccc2O)CC1. The third-order valence-electron chi connectivity index (χ3n) is 4.54. The summed E-state index contributed by atoms with van der Waals surface area (Å²) in [5.41, 5.74) is 0.275. The molecule has 4 nitrogen and oxygen atoms in total. The fraction of sp³-hybridized carbons (Fsp3) is 0.588. The van der Waals surface area contributed by atoms with Gasteiger partial charge in [-0.3, -0.25) is 4.79 Å². The minimum Gasteiger partial charge on any atom is -0.507 e. The number of aromatic hydroxyl groups is 1. The van der Waals surface area contributed by atoms with Crippen LogP contribution in [0.15, 0.2) is 18.2 Å². The lowest BCUT2D eigenvalue weighted by atomic mass is 9.81. The average molecular weight is 291 g/mol. The van der Waals surface area contributed by atoms with Gasteiger partial charge in [-0.2, -0.15) is 0 Å². The zero-order chi connectivity index (χ0) is 15.2. The van der Waals surface area contributed by atoms with E-state index in [0.29, 0.717) is 18.2 Å². The van der Waals surface area contributed by atoms with Gasteiger partial charge in [0.1, 0.15) is 11.5 Å². The van der Waals surface area contributed by atoms with Crippen LogP contribution in [-0.4, -0.2) is 24.7 Å². The first kappa shape index (κ1) is 15.7. The van der Waals surface area contributed by atoms with Crippen LogP contribution in [0.25, 0.3) is 0 Å². The zero-order valence-corrected chi connectivity index (χ0v) is 12.9. The van der Waals surface area contributed by atoms with Crippen molar-refractivity contribution in [3.05, 3.63) is 23.8 Å². The Kier molecular flexibility index (Phi) is 5.48. The molecule has 0 radical (unpaired) electrons. The number of phenolic OH excluding ortho intramolecular Hbond substituents is 1. The molecule has 0 saturated heterocycles. The summed E-state index contributed by atoms with van der Waals surface area (Å²) in [7, 11) is 1.54. The quantitative estimate of drug-likeness (QED) is 0.874. The molecule has 1 fully saturated rings. The molecule has 2 N–H and O–H groups in total. The first-order chi connectivity index (χ1) is 10.1.